The first kappa shape index (κ1) is 16.6. The van der Waals surface area contributed by atoms with Crippen LogP contribution in [-0.2, 0) is 9.22 Å². The molecule has 0 saturated carbocycles. The van der Waals surface area contributed by atoms with Crippen LogP contribution in [0.15, 0.2) is 12.7 Å². The number of hydrogen-bond donors (Lipinski definition) is 0. The van der Waals surface area contributed by atoms with Crippen molar-refractivity contribution in [2.75, 3.05) is 0 Å². The molecule has 0 aromatic carbocycles. The monoisotopic (exact) mass is 256 g/mol. The Kier molecular flexibility index (Phi) is 6.34. The van der Waals surface area contributed by atoms with Gasteiger partial charge in [-0.25, -0.2) is 0 Å². The molecule has 0 aliphatic carbocycles. The summed E-state index contributed by atoms with van der Waals surface area (Å²) in [5.41, 5.74) is 0. The van der Waals surface area contributed by atoms with Crippen LogP contribution in [0, 0.1) is 0 Å². The summed E-state index contributed by atoms with van der Waals surface area (Å²) < 4.78 is 6.19. The third-order valence-corrected chi connectivity index (χ3v) is 8.11. The van der Waals surface area contributed by atoms with Crippen molar-refractivity contribution in [2.24, 2.45) is 0 Å². The third-order valence-electron chi connectivity index (χ3n) is 3.50. The average Bonchev–Trinajstić information content (AvgIpc) is 2.12. The largest absolute Gasteiger partial charge is 0.414 e. The van der Waals surface area contributed by atoms with Gasteiger partial charge in [-0.2, -0.15) is 0 Å². The van der Waals surface area contributed by atoms with Gasteiger partial charge in [-0.1, -0.05) is 26.8 Å². The molecule has 0 aliphatic rings. The second-order valence-electron chi connectivity index (χ2n) is 6.26. The highest BCUT2D eigenvalue weighted by Crippen LogP contribution is 2.37. The molecule has 1 atom stereocenters. The predicted octanol–water partition coefficient (Wildman–Crippen LogP) is 4.32. The van der Waals surface area contributed by atoms with Crippen LogP contribution in [0.1, 0.15) is 47.0 Å². The molecule has 0 saturated heterocycles. The van der Waals surface area contributed by atoms with Gasteiger partial charge < -0.3 is 4.43 Å². The minimum atomic E-state index is -1.69. The van der Waals surface area contributed by atoms with Gasteiger partial charge in [-0.05, 0) is 31.5 Å². The minimum Gasteiger partial charge on any atom is -0.414 e. The molecule has 0 aliphatic heterocycles. The maximum atomic E-state index is 11.4. The Morgan fingerprint density at radius 3 is 2.35 bits per heavy atom. The summed E-state index contributed by atoms with van der Waals surface area (Å²) in [6, 6.07) is 0. The number of Topliss-reactive ketones (excluding diaryl/α,β-unsaturated/α-hetero) is 1. The average molecular weight is 256 g/mol. The van der Waals surface area contributed by atoms with Gasteiger partial charge in [-0.3, -0.25) is 4.79 Å². The third kappa shape index (κ3) is 6.17. The molecule has 0 spiro atoms. The van der Waals surface area contributed by atoms with E-state index < -0.39 is 8.32 Å². The van der Waals surface area contributed by atoms with E-state index in [-0.39, 0.29) is 16.9 Å². The Morgan fingerprint density at radius 1 is 1.41 bits per heavy atom. The first-order valence-corrected chi connectivity index (χ1v) is 9.31. The van der Waals surface area contributed by atoms with Crippen molar-refractivity contribution in [3.63, 3.8) is 0 Å². The Morgan fingerprint density at radius 2 is 1.94 bits per heavy atom. The molecule has 17 heavy (non-hydrogen) atoms. The highest BCUT2D eigenvalue weighted by molar-refractivity contribution is 6.74. The smallest absolute Gasteiger partial charge is 0.192 e. The summed E-state index contributed by atoms with van der Waals surface area (Å²) in [7, 11) is -1.69. The van der Waals surface area contributed by atoms with Gasteiger partial charge in [-0.15, -0.1) is 6.58 Å². The molecule has 0 aromatic rings. The predicted molar refractivity (Wildman–Crippen MR) is 76.8 cm³/mol. The minimum absolute atomic E-state index is 0.171. The van der Waals surface area contributed by atoms with Crippen LogP contribution < -0.4 is 0 Å². The molecule has 3 heteroatoms. The van der Waals surface area contributed by atoms with Crippen molar-refractivity contribution < 1.29 is 9.22 Å². The Hall–Kier alpha value is -0.413. The van der Waals surface area contributed by atoms with Gasteiger partial charge in [0.1, 0.15) is 5.78 Å². The van der Waals surface area contributed by atoms with E-state index in [0.29, 0.717) is 12.8 Å². The second-order valence-corrected chi connectivity index (χ2v) is 11.0. The quantitative estimate of drug-likeness (QED) is 0.501. The van der Waals surface area contributed by atoms with E-state index in [1.54, 1.807) is 6.08 Å². The van der Waals surface area contributed by atoms with Gasteiger partial charge >= 0.3 is 0 Å². The summed E-state index contributed by atoms with van der Waals surface area (Å²) in [5, 5.41) is 0.229. The molecule has 0 amide bonds. The number of ketones is 1. The van der Waals surface area contributed by atoms with Crippen molar-refractivity contribution in [1.29, 1.82) is 0 Å². The van der Waals surface area contributed by atoms with E-state index in [4.69, 9.17) is 4.43 Å². The van der Waals surface area contributed by atoms with E-state index in [0.717, 1.165) is 6.42 Å². The van der Waals surface area contributed by atoms with Crippen LogP contribution in [0.4, 0.5) is 0 Å². The van der Waals surface area contributed by atoms with E-state index in [9.17, 15) is 4.79 Å². The molecular formula is C14H28O2Si. The molecule has 0 rings (SSSR count). The first-order chi connectivity index (χ1) is 7.60. The van der Waals surface area contributed by atoms with Gasteiger partial charge in [0.15, 0.2) is 8.32 Å². The van der Waals surface area contributed by atoms with Crippen molar-refractivity contribution >= 4 is 14.1 Å². The van der Waals surface area contributed by atoms with Gasteiger partial charge in [0, 0.05) is 18.9 Å². The second kappa shape index (κ2) is 6.50. The van der Waals surface area contributed by atoms with Gasteiger partial charge in [0.2, 0.25) is 0 Å². The van der Waals surface area contributed by atoms with Gasteiger partial charge in [0.25, 0.3) is 0 Å². The lowest BCUT2D eigenvalue weighted by molar-refractivity contribution is -0.118. The van der Waals surface area contributed by atoms with Crippen LogP contribution in [0.25, 0.3) is 0 Å². The first-order valence-electron chi connectivity index (χ1n) is 6.40. The molecular weight excluding hydrogens is 228 g/mol. The van der Waals surface area contributed by atoms with Crippen molar-refractivity contribution in [3.8, 4) is 0 Å². The summed E-state index contributed by atoms with van der Waals surface area (Å²) in [5.74, 6) is 0.255. The summed E-state index contributed by atoms with van der Waals surface area (Å²) in [6.45, 7) is 16.8. The number of hydrogen-bond acceptors (Lipinski definition) is 2. The Bertz CT molecular complexity index is 264. The fraction of sp³-hybridized carbons (Fsp3) is 0.786. The fourth-order valence-corrected chi connectivity index (χ4v) is 2.84. The van der Waals surface area contributed by atoms with E-state index in [1.165, 1.54) is 0 Å². The SMILES string of the molecule is C=CCC(=O)CC[C@@H](C)O[Si](C)(C)C(C)(C)C. The molecule has 2 nitrogen and oxygen atoms in total. The molecule has 0 aromatic heterocycles. The number of rotatable bonds is 7. The van der Waals surface area contributed by atoms with Crippen molar-refractivity contribution in [1.82, 2.24) is 0 Å². The summed E-state index contributed by atoms with van der Waals surface area (Å²) in [6.07, 6.45) is 3.74. The fourth-order valence-electron chi connectivity index (χ4n) is 1.37. The van der Waals surface area contributed by atoms with Gasteiger partial charge in [0.05, 0.1) is 0 Å². The maximum Gasteiger partial charge on any atom is 0.192 e. The molecule has 0 heterocycles. The van der Waals surface area contributed by atoms with Crippen LogP contribution in [0.2, 0.25) is 18.1 Å². The number of carbonyl (C=O) groups excluding carboxylic acids is 1. The molecule has 0 radical (unpaired) electrons. The van der Waals surface area contributed by atoms with E-state index in [2.05, 4.69) is 47.4 Å². The zero-order chi connectivity index (χ0) is 13.7. The Labute approximate surface area is 108 Å². The molecule has 0 bridgehead atoms. The summed E-state index contributed by atoms with van der Waals surface area (Å²) >= 11 is 0. The molecule has 100 valence electrons. The molecule has 0 fully saturated rings. The highest BCUT2D eigenvalue weighted by Gasteiger charge is 2.38. The lowest BCUT2D eigenvalue weighted by Crippen LogP contribution is -2.43. The lowest BCUT2D eigenvalue weighted by atomic mass is 10.1. The molecule has 0 N–H and O–H groups in total. The number of carbonyl (C=O) groups is 1. The lowest BCUT2D eigenvalue weighted by Gasteiger charge is -2.38. The van der Waals surface area contributed by atoms with Crippen molar-refractivity contribution in [3.05, 3.63) is 12.7 Å². The zero-order valence-electron chi connectivity index (χ0n) is 12.3. The normalized spacial score (nSPS) is 14.5. The maximum absolute atomic E-state index is 11.4. The van der Waals surface area contributed by atoms with Crippen LogP contribution in [-0.4, -0.2) is 20.2 Å². The van der Waals surface area contributed by atoms with Crippen LogP contribution in [0.3, 0.4) is 0 Å². The topological polar surface area (TPSA) is 26.3 Å². The van der Waals surface area contributed by atoms with Crippen LogP contribution in [0.5, 0.6) is 0 Å². The Balaban J connectivity index is 4.14. The highest BCUT2D eigenvalue weighted by atomic mass is 28.4. The zero-order valence-corrected chi connectivity index (χ0v) is 13.3. The van der Waals surface area contributed by atoms with E-state index in [1.807, 2.05) is 0 Å². The van der Waals surface area contributed by atoms with Crippen molar-refractivity contribution in [2.45, 2.75) is 71.2 Å². The van der Waals surface area contributed by atoms with Crippen LogP contribution >= 0.6 is 0 Å². The number of allylic oxidation sites excluding steroid dienone is 1. The standard InChI is InChI=1S/C14H28O2Si/c1-8-9-13(15)11-10-12(2)16-17(6,7)14(3,4)5/h8,12H,1,9-11H2,2-7H3/t12-/m1/s1. The summed E-state index contributed by atoms with van der Waals surface area (Å²) in [4.78, 5) is 11.4. The molecule has 0 unspecified atom stereocenters. The van der Waals surface area contributed by atoms with E-state index >= 15 is 0 Å².